The maximum Gasteiger partial charge on any atom is 0.341 e. The molecule has 0 radical (unpaired) electrons. The van der Waals surface area contributed by atoms with Crippen molar-refractivity contribution in [2.24, 2.45) is 11.7 Å². The summed E-state index contributed by atoms with van der Waals surface area (Å²) in [4.78, 5) is 11.3. The minimum absolute atomic E-state index is 0.0793. The molecule has 7 nitrogen and oxygen atoms in total. The van der Waals surface area contributed by atoms with E-state index in [4.69, 9.17) is 10.2 Å². The van der Waals surface area contributed by atoms with Crippen LogP contribution in [0.3, 0.4) is 0 Å². The number of nitrogens with zero attached hydrogens (tertiary/aromatic N) is 1. The predicted molar refractivity (Wildman–Crippen MR) is 66.0 cm³/mol. The Kier molecular flexibility index (Phi) is 3.93. The predicted octanol–water partition coefficient (Wildman–Crippen LogP) is 0.0355. The van der Waals surface area contributed by atoms with E-state index >= 15 is 0 Å². The van der Waals surface area contributed by atoms with Crippen LogP contribution < -0.4 is 5.73 Å². The van der Waals surface area contributed by atoms with Crippen molar-refractivity contribution in [2.45, 2.75) is 11.5 Å². The second-order valence-electron chi connectivity index (χ2n) is 4.40. The Morgan fingerprint density at radius 1 is 1.63 bits per heavy atom. The summed E-state index contributed by atoms with van der Waals surface area (Å²) in [7, 11) is -2.48. The van der Waals surface area contributed by atoms with Gasteiger partial charge < -0.3 is 14.9 Å². The molecule has 1 atom stereocenters. The van der Waals surface area contributed by atoms with Crippen LogP contribution >= 0.6 is 0 Å². The molecule has 1 aliphatic rings. The fourth-order valence-electron chi connectivity index (χ4n) is 2.01. The van der Waals surface area contributed by atoms with E-state index in [2.05, 4.69) is 4.74 Å². The number of rotatable bonds is 4. The van der Waals surface area contributed by atoms with Crippen molar-refractivity contribution in [3.05, 3.63) is 17.9 Å². The molecule has 1 aromatic heterocycles. The third kappa shape index (κ3) is 2.65. The summed E-state index contributed by atoms with van der Waals surface area (Å²) in [6, 6.07) is 1.18. The number of methoxy groups -OCH3 is 1. The number of hydrogen-bond acceptors (Lipinski definition) is 6. The summed E-state index contributed by atoms with van der Waals surface area (Å²) >= 11 is 0. The molecule has 2 rings (SSSR count). The number of ether oxygens (including phenoxy) is 1. The van der Waals surface area contributed by atoms with Crippen molar-refractivity contribution < 1.29 is 22.4 Å². The van der Waals surface area contributed by atoms with Gasteiger partial charge in [0.15, 0.2) is 0 Å². The molecule has 1 fully saturated rings. The Balaban J connectivity index is 2.21. The summed E-state index contributed by atoms with van der Waals surface area (Å²) in [6.45, 7) is 1.25. The van der Waals surface area contributed by atoms with Gasteiger partial charge >= 0.3 is 5.97 Å². The highest BCUT2D eigenvalue weighted by molar-refractivity contribution is 7.89. The molecule has 0 spiro atoms. The molecule has 19 heavy (non-hydrogen) atoms. The average molecular weight is 288 g/mol. The number of carbonyl (C=O) groups excluding carboxylic acids is 1. The topological polar surface area (TPSA) is 103 Å². The number of hydrogen-bond donors (Lipinski definition) is 1. The van der Waals surface area contributed by atoms with Crippen molar-refractivity contribution in [2.75, 3.05) is 26.7 Å². The van der Waals surface area contributed by atoms with E-state index in [1.54, 1.807) is 0 Å². The molecule has 1 saturated heterocycles. The molecular weight excluding hydrogens is 272 g/mol. The quantitative estimate of drug-likeness (QED) is 0.784. The monoisotopic (exact) mass is 288 g/mol. The van der Waals surface area contributed by atoms with Crippen LogP contribution in [0.15, 0.2) is 21.8 Å². The van der Waals surface area contributed by atoms with E-state index in [0.717, 1.165) is 12.7 Å². The highest BCUT2D eigenvalue weighted by Crippen LogP contribution is 2.25. The maximum atomic E-state index is 12.3. The third-order valence-corrected chi connectivity index (χ3v) is 4.91. The van der Waals surface area contributed by atoms with E-state index in [9.17, 15) is 13.2 Å². The van der Waals surface area contributed by atoms with Crippen LogP contribution in [0.1, 0.15) is 16.8 Å². The zero-order valence-electron chi connectivity index (χ0n) is 10.5. The van der Waals surface area contributed by atoms with Crippen LogP contribution in [-0.4, -0.2) is 45.4 Å². The third-order valence-electron chi connectivity index (χ3n) is 3.17. The average Bonchev–Trinajstić information content (AvgIpc) is 3.06. The smallest absolute Gasteiger partial charge is 0.341 e. The molecule has 0 bridgehead atoms. The number of carbonyl (C=O) groups is 1. The minimum atomic E-state index is -3.70. The van der Waals surface area contributed by atoms with E-state index in [1.165, 1.54) is 17.5 Å². The molecule has 1 unspecified atom stereocenters. The molecule has 1 aliphatic heterocycles. The lowest BCUT2D eigenvalue weighted by atomic mass is 10.1. The van der Waals surface area contributed by atoms with Crippen LogP contribution in [0.2, 0.25) is 0 Å². The zero-order valence-corrected chi connectivity index (χ0v) is 11.4. The second-order valence-corrected chi connectivity index (χ2v) is 6.27. The van der Waals surface area contributed by atoms with Gasteiger partial charge in [-0.25, -0.2) is 13.2 Å². The number of sulfonamides is 1. The van der Waals surface area contributed by atoms with Crippen molar-refractivity contribution in [3.63, 3.8) is 0 Å². The normalized spacial score (nSPS) is 20.6. The lowest BCUT2D eigenvalue weighted by Crippen LogP contribution is -2.29. The first-order valence-corrected chi connectivity index (χ1v) is 7.30. The van der Waals surface area contributed by atoms with Crippen LogP contribution in [0, 0.1) is 5.92 Å². The molecule has 0 saturated carbocycles. The Morgan fingerprint density at radius 3 is 2.95 bits per heavy atom. The molecule has 0 aliphatic carbocycles. The Bertz CT molecular complexity index is 565. The van der Waals surface area contributed by atoms with Gasteiger partial charge in [-0.3, -0.25) is 0 Å². The van der Waals surface area contributed by atoms with Crippen LogP contribution in [0.5, 0.6) is 0 Å². The number of esters is 1. The SMILES string of the molecule is COC(=O)c1coc(S(=O)(=O)N2CCC(CN)C2)c1. The first-order chi connectivity index (χ1) is 8.98. The molecule has 106 valence electrons. The van der Waals surface area contributed by atoms with Gasteiger partial charge in [0, 0.05) is 19.2 Å². The van der Waals surface area contributed by atoms with Crippen molar-refractivity contribution in [1.82, 2.24) is 4.31 Å². The van der Waals surface area contributed by atoms with Crippen LogP contribution in [0.4, 0.5) is 0 Å². The summed E-state index contributed by atoms with van der Waals surface area (Å²) in [6.07, 6.45) is 1.81. The summed E-state index contributed by atoms with van der Waals surface area (Å²) in [5, 5.41) is -0.245. The van der Waals surface area contributed by atoms with Crippen LogP contribution in [-0.2, 0) is 14.8 Å². The lowest BCUT2D eigenvalue weighted by molar-refractivity contribution is 0.0600. The van der Waals surface area contributed by atoms with Gasteiger partial charge in [-0.15, -0.1) is 0 Å². The second kappa shape index (κ2) is 5.32. The number of nitrogens with two attached hydrogens (primary N) is 1. The Hall–Kier alpha value is -1.38. The maximum absolute atomic E-state index is 12.3. The summed E-state index contributed by atoms with van der Waals surface area (Å²) in [5.41, 5.74) is 5.61. The largest absolute Gasteiger partial charge is 0.465 e. The molecule has 0 amide bonds. The fourth-order valence-corrected chi connectivity index (χ4v) is 3.46. The molecule has 2 heterocycles. The molecule has 2 N–H and O–H groups in total. The molecule has 1 aromatic rings. The molecular formula is C11H16N2O5S. The van der Waals surface area contributed by atoms with Gasteiger partial charge in [0.2, 0.25) is 5.09 Å². The van der Waals surface area contributed by atoms with E-state index in [1.807, 2.05) is 0 Å². The van der Waals surface area contributed by atoms with Gasteiger partial charge in [0.1, 0.15) is 6.26 Å². The lowest BCUT2D eigenvalue weighted by Gasteiger charge is -2.13. The zero-order chi connectivity index (χ0) is 14.0. The fraction of sp³-hybridized carbons (Fsp3) is 0.545. The Labute approximate surface area is 111 Å². The van der Waals surface area contributed by atoms with E-state index in [-0.39, 0.29) is 16.6 Å². The first-order valence-electron chi connectivity index (χ1n) is 5.86. The van der Waals surface area contributed by atoms with Gasteiger partial charge in [-0.2, -0.15) is 4.31 Å². The summed E-state index contributed by atoms with van der Waals surface area (Å²) < 4.78 is 35.3. The van der Waals surface area contributed by atoms with E-state index < -0.39 is 16.0 Å². The highest BCUT2D eigenvalue weighted by Gasteiger charge is 2.34. The highest BCUT2D eigenvalue weighted by atomic mass is 32.2. The number of furan rings is 1. The molecule has 0 aromatic carbocycles. The van der Waals surface area contributed by atoms with E-state index in [0.29, 0.717) is 19.6 Å². The first kappa shape index (κ1) is 14.0. The van der Waals surface area contributed by atoms with Crippen molar-refractivity contribution in [1.29, 1.82) is 0 Å². The van der Waals surface area contributed by atoms with Gasteiger partial charge in [0.25, 0.3) is 10.0 Å². The van der Waals surface area contributed by atoms with Crippen molar-refractivity contribution in [3.8, 4) is 0 Å². The standard InChI is InChI=1S/C11H16N2O5S/c1-17-11(14)9-4-10(18-7-9)19(15,16)13-3-2-8(5-12)6-13/h4,7-8H,2-3,5-6,12H2,1H3. The van der Waals surface area contributed by atoms with Crippen molar-refractivity contribution >= 4 is 16.0 Å². The minimum Gasteiger partial charge on any atom is -0.465 e. The molecule has 8 heteroatoms. The van der Waals surface area contributed by atoms with Gasteiger partial charge in [-0.1, -0.05) is 0 Å². The van der Waals surface area contributed by atoms with Gasteiger partial charge in [-0.05, 0) is 18.9 Å². The Morgan fingerprint density at radius 2 is 2.37 bits per heavy atom. The van der Waals surface area contributed by atoms with Crippen LogP contribution in [0.25, 0.3) is 0 Å². The van der Waals surface area contributed by atoms with Gasteiger partial charge in [0.05, 0.1) is 12.7 Å². The summed E-state index contributed by atoms with van der Waals surface area (Å²) in [5.74, 6) is -0.462.